The number of pyridine rings is 1. The van der Waals surface area contributed by atoms with Crippen molar-refractivity contribution in [3.63, 3.8) is 0 Å². The molecule has 37 heavy (non-hydrogen) atoms. The number of rotatable bonds is 6. The molecule has 2 aliphatic heterocycles. The van der Waals surface area contributed by atoms with E-state index in [1.807, 2.05) is 31.1 Å². The standard InChI is InChI=1S/C30H38N6O/c1-23-28(24(2)33-22-32-23)29(37)34-19-13-30(3,14-20-34)35-17-11-27(12-18-35)36(26-9-15-31-16-10-26)21-25-7-5-4-6-8-25/h4-10,15-16,22,27H,11-14,17-21H2,1-3H3. The van der Waals surface area contributed by atoms with E-state index in [-0.39, 0.29) is 11.4 Å². The van der Waals surface area contributed by atoms with Gasteiger partial charge in [-0.1, -0.05) is 30.3 Å². The van der Waals surface area contributed by atoms with E-state index in [1.54, 1.807) is 0 Å². The number of hydrogen-bond donors (Lipinski definition) is 0. The quantitative estimate of drug-likeness (QED) is 0.493. The molecule has 0 N–H and O–H groups in total. The number of nitrogens with zero attached hydrogens (tertiary/aromatic N) is 6. The van der Waals surface area contributed by atoms with E-state index in [0.717, 1.165) is 69.8 Å². The zero-order chi connectivity index (χ0) is 25.8. The molecule has 0 unspecified atom stereocenters. The Morgan fingerprint density at radius 3 is 2.19 bits per heavy atom. The first kappa shape index (κ1) is 25.3. The lowest BCUT2D eigenvalue weighted by Crippen LogP contribution is -2.58. The van der Waals surface area contributed by atoms with Crippen LogP contribution in [0, 0.1) is 13.8 Å². The smallest absolute Gasteiger partial charge is 0.257 e. The molecule has 1 aromatic carbocycles. The van der Waals surface area contributed by atoms with Gasteiger partial charge >= 0.3 is 0 Å². The maximum Gasteiger partial charge on any atom is 0.257 e. The van der Waals surface area contributed by atoms with E-state index < -0.39 is 0 Å². The van der Waals surface area contributed by atoms with Crippen molar-refractivity contribution in [1.29, 1.82) is 0 Å². The van der Waals surface area contributed by atoms with Gasteiger partial charge in [-0.2, -0.15) is 0 Å². The number of aryl methyl sites for hydroxylation is 2. The predicted molar refractivity (Wildman–Crippen MR) is 147 cm³/mol. The van der Waals surface area contributed by atoms with Gasteiger partial charge in [-0.15, -0.1) is 0 Å². The molecule has 2 aliphatic rings. The third-order valence-electron chi connectivity index (χ3n) is 8.43. The van der Waals surface area contributed by atoms with Crippen molar-refractivity contribution >= 4 is 11.6 Å². The number of hydrogen-bond acceptors (Lipinski definition) is 6. The van der Waals surface area contributed by atoms with Gasteiger partial charge in [0.2, 0.25) is 0 Å². The summed E-state index contributed by atoms with van der Waals surface area (Å²) in [4.78, 5) is 33.2. The summed E-state index contributed by atoms with van der Waals surface area (Å²) in [5.74, 6) is 0.0743. The van der Waals surface area contributed by atoms with Gasteiger partial charge in [-0.25, -0.2) is 9.97 Å². The minimum atomic E-state index is 0.0743. The minimum absolute atomic E-state index is 0.0743. The Morgan fingerprint density at radius 2 is 1.57 bits per heavy atom. The van der Waals surface area contributed by atoms with Gasteiger partial charge in [-0.05, 0) is 64.2 Å². The monoisotopic (exact) mass is 498 g/mol. The SMILES string of the molecule is Cc1ncnc(C)c1C(=O)N1CCC(C)(N2CCC(N(Cc3ccccc3)c3ccncc3)CC2)CC1. The molecule has 0 saturated carbocycles. The fraction of sp³-hybridized carbons (Fsp3) is 0.467. The number of amides is 1. The topological polar surface area (TPSA) is 65.5 Å². The molecule has 3 aromatic rings. The summed E-state index contributed by atoms with van der Waals surface area (Å²) in [6, 6.07) is 15.5. The second kappa shape index (κ2) is 11.0. The molecule has 7 nitrogen and oxygen atoms in total. The molecule has 0 atom stereocenters. The Balaban J connectivity index is 1.22. The number of anilines is 1. The van der Waals surface area contributed by atoms with E-state index in [2.05, 4.69) is 74.1 Å². The summed E-state index contributed by atoms with van der Waals surface area (Å²) in [5.41, 5.74) is 4.90. The average molecular weight is 499 g/mol. The largest absolute Gasteiger partial charge is 0.364 e. The molecule has 4 heterocycles. The Morgan fingerprint density at radius 1 is 0.946 bits per heavy atom. The van der Waals surface area contributed by atoms with Gasteiger partial charge in [0.15, 0.2) is 0 Å². The first-order valence-electron chi connectivity index (χ1n) is 13.5. The molecule has 7 heteroatoms. The van der Waals surface area contributed by atoms with E-state index in [4.69, 9.17) is 0 Å². The lowest BCUT2D eigenvalue weighted by molar-refractivity contribution is 0.0170. The first-order chi connectivity index (χ1) is 17.9. The van der Waals surface area contributed by atoms with Crippen LogP contribution in [0.3, 0.4) is 0 Å². The molecular weight excluding hydrogens is 460 g/mol. The number of carbonyl (C=O) groups is 1. The first-order valence-corrected chi connectivity index (χ1v) is 13.5. The average Bonchev–Trinajstić information content (AvgIpc) is 2.93. The van der Waals surface area contributed by atoms with Gasteiger partial charge < -0.3 is 9.80 Å². The summed E-state index contributed by atoms with van der Waals surface area (Å²) in [5, 5.41) is 0. The van der Waals surface area contributed by atoms with Crippen LogP contribution < -0.4 is 4.90 Å². The molecular formula is C30H38N6O. The lowest BCUT2D eigenvalue weighted by Gasteiger charge is -2.50. The molecule has 2 fully saturated rings. The number of aromatic nitrogens is 3. The Labute approximate surface area is 220 Å². The number of carbonyl (C=O) groups excluding carboxylic acids is 1. The Kier molecular flexibility index (Phi) is 7.51. The van der Waals surface area contributed by atoms with Gasteiger partial charge in [0.25, 0.3) is 5.91 Å². The maximum atomic E-state index is 13.3. The van der Waals surface area contributed by atoms with Gasteiger partial charge in [0.05, 0.1) is 17.0 Å². The van der Waals surface area contributed by atoms with Crippen molar-refractivity contribution in [3.05, 3.63) is 83.7 Å². The maximum absolute atomic E-state index is 13.3. The molecule has 0 aliphatic carbocycles. The number of benzene rings is 1. The molecule has 0 radical (unpaired) electrons. The molecule has 1 amide bonds. The number of likely N-dealkylation sites (tertiary alicyclic amines) is 2. The highest BCUT2D eigenvalue weighted by Gasteiger charge is 2.39. The van der Waals surface area contributed by atoms with Crippen molar-refractivity contribution in [1.82, 2.24) is 24.8 Å². The van der Waals surface area contributed by atoms with Crippen LogP contribution in [0.25, 0.3) is 0 Å². The van der Waals surface area contributed by atoms with Crippen LogP contribution >= 0.6 is 0 Å². The van der Waals surface area contributed by atoms with Crippen LogP contribution in [0.2, 0.25) is 0 Å². The van der Waals surface area contributed by atoms with E-state index in [1.165, 1.54) is 17.6 Å². The zero-order valence-corrected chi connectivity index (χ0v) is 22.3. The normalized spacial score (nSPS) is 18.5. The van der Waals surface area contributed by atoms with E-state index >= 15 is 0 Å². The van der Waals surface area contributed by atoms with Crippen LogP contribution in [0.1, 0.15) is 59.9 Å². The summed E-state index contributed by atoms with van der Waals surface area (Å²) in [6.45, 7) is 10.8. The Bertz CT molecular complexity index is 1160. The van der Waals surface area contributed by atoms with Crippen molar-refractivity contribution < 1.29 is 4.79 Å². The molecule has 2 saturated heterocycles. The van der Waals surface area contributed by atoms with Crippen molar-refractivity contribution in [2.45, 2.75) is 64.6 Å². The summed E-state index contributed by atoms with van der Waals surface area (Å²) >= 11 is 0. The summed E-state index contributed by atoms with van der Waals surface area (Å²) in [7, 11) is 0. The van der Waals surface area contributed by atoms with Gasteiger partial charge in [0.1, 0.15) is 6.33 Å². The van der Waals surface area contributed by atoms with Crippen molar-refractivity contribution in [2.75, 3.05) is 31.1 Å². The molecule has 5 rings (SSSR count). The highest BCUT2D eigenvalue weighted by molar-refractivity contribution is 5.96. The summed E-state index contributed by atoms with van der Waals surface area (Å²) < 4.78 is 0. The third kappa shape index (κ3) is 5.52. The lowest BCUT2D eigenvalue weighted by atomic mass is 9.85. The van der Waals surface area contributed by atoms with Gasteiger partial charge in [0, 0.05) is 62.4 Å². The summed E-state index contributed by atoms with van der Waals surface area (Å²) in [6.07, 6.45) is 9.57. The van der Waals surface area contributed by atoms with Crippen LogP contribution in [-0.4, -0.2) is 68.4 Å². The van der Waals surface area contributed by atoms with Crippen LogP contribution in [0.4, 0.5) is 5.69 Å². The fourth-order valence-corrected chi connectivity index (χ4v) is 6.03. The molecule has 0 bridgehead atoms. The third-order valence-corrected chi connectivity index (χ3v) is 8.43. The van der Waals surface area contributed by atoms with E-state index in [9.17, 15) is 4.79 Å². The molecule has 2 aromatic heterocycles. The highest BCUT2D eigenvalue weighted by Crippen LogP contribution is 2.34. The number of piperidine rings is 2. The fourth-order valence-electron chi connectivity index (χ4n) is 6.03. The highest BCUT2D eigenvalue weighted by atomic mass is 16.2. The zero-order valence-electron chi connectivity index (χ0n) is 22.3. The minimum Gasteiger partial charge on any atom is -0.364 e. The predicted octanol–water partition coefficient (Wildman–Crippen LogP) is 4.65. The molecule has 194 valence electrons. The Hall–Kier alpha value is -3.32. The van der Waals surface area contributed by atoms with Crippen molar-refractivity contribution in [3.8, 4) is 0 Å². The van der Waals surface area contributed by atoms with Gasteiger partial charge in [-0.3, -0.25) is 14.7 Å². The van der Waals surface area contributed by atoms with Crippen LogP contribution in [0.15, 0.2) is 61.2 Å². The van der Waals surface area contributed by atoms with Crippen molar-refractivity contribution in [2.24, 2.45) is 0 Å². The molecule has 0 spiro atoms. The van der Waals surface area contributed by atoms with Crippen LogP contribution in [-0.2, 0) is 6.54 Å². The van der Waals surface area contributed by atoms with E-state index in [0.29, 0.717) is 11.6 Å². The van der Waals surface area contributed by atoms with Crippen LogP contribution in [0.5, 0.6) is 0 Å². The second-order valence-electron chi connectivity index (χ2n) is 10.7. The second-order valence-corrected chi connectivity index (χ2v) is 10.7.